The van der Waals surface area contributed by atoms with Gasteiger partial charge < -0.3 is 19.7 Å². The van der Waals surface area contributed by atoms with E-state index in [2.05, 4.69) is 38.4 Å². The van der Waals surface area contributed by atoms with Crippen molar-refractivity contribution in [2.24, 2.45) is 0 Å². The highest BCUT2D eigenvalue weighted by atomic mass is 16.5. The smallest absolute Gasteiger partial charge is 0.179 e. The molecule has 0 saturated carbocycles. The van der Waals surface area contributed by atoms with Gasteiger partial charge >= 0.3 is 0 Å². The Morgan fingerprint density at radius 2 is 2.07 bits per heavy atom. The summed E-state index contributed by atoms with van der Waals surface area (Å²) in [5.41, 5.74) is 2.41. The number of hydrogen-bond donors (Lipinski definition) is 1. The van der Waals surface area contributed by atoms with Crippen LogP contribution in [0.25, 0.3) is 6.08 Å². The Balaban J connectivity index is 1.41. The largest absolute Gasteiger partial charge is 0.491 e. The second kappa shape index (κ2) is 8.39. The molecule has 1 aliphatic heterocycles. The first-order valence-corrected chi connectivity index (χ1v) is 9.64. The van der Waals surface area contributed by atoms with Crippen molar-refractivity contribution in [3.8, 4) is 11.5 Å². The van der Waals surface area contributed by atoms with Gasteiger partial charge in [-0.3, -0.25) is 0 Å². The molecule has 2 aromatic heterocycles. The minimum Gasteiger partial charge on any atom is -0.491 e. The van der Waals surface area contributed by atoms with E-state index < -0.39 is 0 Å². The van der Waals surface area contributed by atoms with Gasteiger partial charge in [0.25, 0.3) is 0 Å². The number of methoxy groups -OCH3 is 1. The van der Waals surface area contributed by atoms with Crippen LogP contribution < -0.4 is 14.8 Å². The van der Waals surface area contributed by atoms with E-state index >= 15 is 0 Å². The third kappa shape index (κ3) is 4.22. The summed E-state index contributed by atoms with van der Waals surface area (Å²) in [4.78, 5) is 11.4. The van der Waals surface area contributed by atoms with Crippen LogP contribution in [0.5, 0.6) is 11.5 Å². The molecule has 3 heterocycles. The van der Waals surface area contributed by atoms with E-state index in [9.17, 15) is 0 Å². The van der Waals surface area contributed by atoms with Gasteiger partial charge in [-0.1, -0.05) is 12.2 Å². The van der Waals surface area contributed by atoms with E-state index in [4.69, 9.17) is 9.47 Å². The van der Waals surface area contributed by atoms with Crippen LogP contribution in [0.15, 0.2) is 30.6 Å². The molecule has 142 valence electrons. The summed E-state index contributed by atoms with van der Waals surface area (Å²) in [6.45, 7) is 4.19. The summed E-state index contributed by atoms with van der Waals surface area (Å²) in [5.74, 6) is 2.87. The van der Waals surface area contributed by atoms with Gasteiger partial charge in [0.15, 0.2) is 11.5 Å². The van der Waals surface area contributed by atoms with E-state index in [0.717, 1.165) is 30.8 Å². The minimum atomic E-state index is 0.646. The van der Waals surface area contributed by atoms with Crippen molar-refractivity contribution in [2.45, 2.75) is 25.7 Å². The summed E-state index contributed by atoms with van der Waals surface area (Å²) in [5, 5.41) is 3.31. The number of likely N-dealkylation sites (tertiary alicyclic amines) is 1. The van der Waals surface area contributed by atoms with Gasteiger partial charge in [0.1, 0.15) is 11.6 Å². The van der Waals surface area contributed by atoms with Crippen LogP contribution in [0.3, 0.4) is 0 Å². The average Bonchev–Trinajstić information content (AvgIpc) is 3.37. The quantitative estimate of drug-likeness (QED) is 0.720. The standard InChI is InChI=1S/C21H26N4O2/c1-26-19-15-23-20(24-21-17-7-4-6-16(17)8-9-22-21)14-18(19)27-13-5-12-25-10-2-3-11-25/h4,7-9,14-15H,2-3,5-6,10-13H2,1H3,(H,22,23,24). The number of anilines is 2. The predicted octanol–water partition coefficient (Wildman–Crippen LogP) is 3.66. The maximum Gasteiger partial charge on any atom is 0.179 e. The van der Waals surface area contributed by atoms with Crippen LogP contribution in [-0.4, -0.2) is 48.2 Å². The first kappa shape index (κ1) is 17.8. The molecular weight excluding hydrogens is 340 g/mol. The highest BCUT2D eigenvalue weighted by molar-refractivity contribution is 5.73. The Morgan fingerprint density at radius 1 is 1.19 bits per heavy atom. The molecule has 1 fully saturated rings. The molecule has 0 bridgehead atoms. The Hall–Kier alpha value is -2.60. The number of rotatable bonds is 8. The van der Waals surface area contributed by atoms with Crippen molar-refractivity contribution in [1.29, 1.82) is 0 Å². The molecule has 6 heteroatoms. The first-order valence-electron chi connectivity index (χ1n) is 9.64. The summed E-state index contributed by atoms with van der Waals surface area (Å²) >= 11 is 0. The molecule has 1 saturated heterocycles. The lowest BCUT2D eigenvalue weighted by atomic mass is 10.1. The third-order valence-corrected chi connectivity index (χ3v) is 5.08. The first-order chi connectivity index (χ1) is 13.3. The van der Waals surface area contributed by atoms with Crippen LogP contribution in [0.2, 0.25) is 0 Å². The van der Waals surface area contributed by atoms with Crippen LogP contribution >= 0.6 is 0 Å². The molecule has 0 radical (unpaired) electrons. The van der Waals surface area contributed by atoms with E-state index in [1.54, 1.807) is 13.3 Å². The molecule has 2 aromatic rings. The molecule has 0 aromatic carbocycles. The number of ether oxygens (including phenoxy) is 2. The van der Waals surface area contributed by atoms with Crippen molar-refractivity contribution in [3.63, 3.8) is 0 Å². The van der Waals surface area contributed by atoms with E-state index in [1.807, 2.05) is 12.3 Å². The molecule has 0 atom stereocenters. The fourth-order valence-corrected chi connectivity index (χ4v) is 3.64. The van der Waals surface area contributed by atoms with Crippen LogP contribution in [0.1, 0.15) is 30.4 Å². The average molecular weight is 366 g/mol. The van der Waals surface area contributed by atoms with E-state index in [0.29, 0.717) is 23.9 Å². The van der Waals surface area contributed by atoms with Gasteiger partial charge in [0, 0.05) is 24.4 Å². The van der Waals surface area contributed by atoms with Gasteiger partial charge in [0.05, 0.1) is 19.9 Å². The van der Waals surface area contributed by atoms with Crippen molar-refractivity contribution in [1.82, 2.24) is 14.9 Å². The Kier molecular flexibility index (Phi) is 5.53. The summed E-state index contributed by atoms with van der Waals surface area (Å²) in [6, 6.07) is 3.94. The van der Waals surface area contributed by atoms with Gasteiger partial charge in [-0.25, -0.2) is 9.97 Å². The Bertz CT molecular complexity index is 816. The highest BCUT2D eigenvalue weighted by Gasteiger charge is 2.14. The van der Waals surface area contributed by atoms with E-state index in [-0.39, 0.29) is 0 Å². The zero-order valence-electron chi connectivity index (χ0n) is 15.8. The topological polar surface area (TPSA) is 59.5 Å². The molecule has 1 aliphatic carbocycles. The van der Waals surface area contributed by atoms with Gasteiger partial charge in [-0.05, 0) is 50.4 Å². The molecule has 2 aliphatic rings. The molecule has 0 amide bonds. The summed E-state index contributed by atoms with van der Waals surface area (Å²) in [7, 11) is 1.64. The molecule has 4 rings (SSSR count). The predicted molar refractivity (Wildman–Crippen MR) is 107 cm³/mol. The van der Waals surface area contributed by atoms with E-state index in [1.165, 1.54) is 31.5 Å². The molecule has 6 nitrogen and oxygen atoms in total. The minimum absolute atomic E-state index is 0.646. The fourth-order valence-electron chi connectivity index (χ4n) is 3.64. The monoisotopic (exact) mass is 366 g/mol. The number of pyridine rings is 2. The number of nitrogens with zero attached hydrogens (tertiary/aromatic N) is 3. The molecule has 0 unspecified atom stereocenters. The van der Waals surface area contributed by atoms with Crippen molar-refractivity contribution in [3.05, 3.63) is 41.7 Å². The zero-order chi connectivity index (χ0) is 18.5. The van der Waals surface area contributed by atoms with Crippen molar-refractivity contribution in [2.75, 3.05) is 38.7 Å². The lowest BCUT2D eigenvalue weighted by molar-refractivity contribution is 0.254. The van der Waals surface area contributed by atoms with Gasteiger partial charge in [-0.15, -0.1) is 0 Å². The Morgan fingerprint density at radius 3 is 2.93 bits per heavy atom. The second-order valence-corrected chi connectivity index (χ2v) is 6.94. The number of allylic oxidation sites excluding steroid dienone is 1. The number of nitrogens with one attached hydrogen (secondary N) is 1. The zero-order valence-corrected chi connectivity index (χ0v) is 15.8. The van der Waals surface area contributed by atoms with Gasteiger partial charge in [-0.2, -0.15) is 0 Å². The fraction of sp³-hybridized carbons (Fsp3) is 0.429. The normalized spacial score (nSPS) is 15.7. The maximum absolute atomic E-state index is 5.99. The van der Waals surface area contributed by atoms with Crippen LogP contribution in [0.4, 0.5) is 11.6 Å². The molecule has 27 heavy (non-hydrogen) atoms. The summed E-state index contributed by atoms with van der Waals surface area (Å²) in [6.07, 6.45) is 12.4. The molecular formula is C21H26N4O2. The summed E-state index contributed by atoms with van der Waals surface area (Å²) < 4.78 is 11.4. The number of aromatic nitrogens is 2. The molecule has 1 N–H and O–H groups in total. The second-order valence-electron chi connectivity index (χ2n) is 6.94. The number of hydrogen-bond acceptors (Lipinski definition) is 6. The van der Waals surface area contributed by atoms with Crippen LogP contribution in [-0.2, 0) is 6.42 Å². The van der Waals surface area contributed by atoms with Crippen LogP contribution in [0, 0.1) is 0 Å². The van der Waals surface area contributed by atoms with Crippen molar-refractivity contribution >= 4 is 17.7 Å². The lowest BCUT2D eigenvalue weighted by Crippen LogP contribution is -2.22. The maximum atomic E-state index is 5.99. The number of fused-ring (bicyclic) bond motifs is 1. The highest BCUT2D eigenvalue weighted by Crippen LogP contribution is 2.31. The Labute approximate surface area is 160 Å². The van der Waals surface area contributed by atoms with Crippen molar-refractivity contribution < 1.29 is 9.47 Å². The lowest BCUT2D eigenvalue weighted by Gasteiger charge is -2.16. The molecule has 0 spiro atoms. The SMILES string of the molecule is COc1cnc(Nc2nccc3c2C=CC3)cc1OCCCN1CCCC1. The third-order valence-electron chi connectivity index (χ3n) is 5.08. The van der Waals surface area contributed by atoms with Gasteiger partial charge in [0.2, 0.25) is 0 Å².